The minimum atomic E-state index is 0.434. The lowest BCUT2D eigenvalue weighted by molar-refractivity contribution is 0.214. The van der Waals surface area contributed by atoms with E-state index in [1.165, 1.54) is 37.7 Å². The van der Waals surface area contributed by atoms with Gasteiger partial charge in [-0.3, -0.25) is 0 Å². The van der Waals surface area contributed by atoms with E-state index in [2.05, 4.69) is 42.5 Å². The van der Waals surface area contributed by atoms with Gasteiger partial charge in [-0.2, -0.15) is 10.2 Å². The fourth-order valence-corrected chi connectivity index (χ4v) is 3.54. The van der Waals surface area contributed by atoms with Crippen LogP contribution in [0.1, 0.15) is 62.0 Å². The molecule has 106 valence electrons. The molecule has 0 amide bonds. The van der Waals surface area contributed by atoms with Gasteiger partial charge >= 0.3 is 0 Å². The van der Waals surface area contributed by atoms with Gasteiger partial charge in [-0.15, -0.1) is 0 Å². The molecule has 0 saturated heterocycles. The lowest BCUT2D eigenvalue weighted by atomic mass is 9.75. The van der Waals surface area contributed by atoms with Crippen molar-refractivity contribution in [3.05, 3.63) is 23.0 Å². The smallest absolute Gasteiger partial charge is 0.0648 e. The molecule has 0 aromatic carbocycles. The van der Waals surface area contributed by atoms with Crippen LogP contribution >= 0.6 is 0 Å². The third-order valence-corrected chi connectivity index (χ3v) is 4.66. The van der Waals surface area contributed by atoms with Gasteiger partial charge in [0, 0.05) is 6.04 Å². The normalized spacial score (nSPS) is 25.3. The van der Waals surface area contributed by atoms with Gasteiger partial charge in [0.1, 0.15) is 0 Å². The van der Waals surface area contributed by atoms with Gasteiger partial charge in [0.15, 0.2) is 0 Å². The zero-order chi connectivity index (χ0) is 13.8. The predicted octanol–water partition coefficient (Wildman–Crippen LogP) is 3.57. The van der Waals surface area contributed by atoms with E-state index in [9.17, 15) is 0 Å². The number of rotatable bonds is 4. The number of hydrogen-bond donors (Lipinski definition) is 1. The first-order chi connectivity index (χ1) is 9.15. The summed E-state index contributed by atoms with van der Waals surface area (Å²) >= 11 is 0. The first-order valence-corrected chi connectivity index (χ1v) is 7.63. The van der Waals surface area contributed by atoms with Crippen molar-refractivity contribution in [2.24, 2.45) is 11.8 Å². The maximum absolute atomic E-state index is 4.29. The van der Waals surface area contributed by atoms with Gasteiger partial charge in [0.25, 0.3) is 0 Å². The van der Waals surface area contributed by atoms with Crippen LogP contribution in [0.4, 0.5) is 0 Å². The predicted molar refractivity (Wildman–Crippen MR) is 79.0 cm³/mol. The van der Waals surface area contributed by atoms with E-state index in [0.717, 1.165) is 23.2 Å². The van der Waals surface area contributed by atoms with Gasteiger partial charge in [0.2, 0.25) is 0 Å². The van der Waals surface area contributed by atoms with E-state index in [4.69, 9.17) is 0 Å². The maximum Gasteiger partial charge on any atom is 0.0648 e. The molecule has 3 atom stereocenters. The lowest BCUT2D eigenvalue weighted by Crippen LogP contribution is -2.30. The molecule has 3 heteroatoms. The van der Waals surface area contributed by atoms with E-state index in [-0.39, 0.29) is 0 Å². The number of aromatic nitrogens is 2. The molecule has 0 spiro atoms. The Hall–Kier alpha value is -0.960. The van der Waals surface area contributed by atoms with E-state index in [1.54, 1.807) is 0 Å². The summed E-state index contributed by atoms with van der Waals surface area (Å²) in [4.78, 5) is 0. The summed E-state index contributed by atoms with van der Waals surface area (Å²) in [6, 6.07) is 2.64. The van der Waals surface area contributed by atoms with Crippen LogP contribution in [0.25, 0.3) is 0 Å². The van der Waals surface area contributed by atoms with Crippen molar-refractivity contribution in [3.63, 3.8) is 0 Å². The van der Waals surface area contributed by atoms with Crippen molar-refractivity contribution < 1.29 is 0 Å². The molecule has 0 radical (unpaired) electrons. The van der Waals surface area contributed by atoms with Crippen molar-refractivity contribution in [2.75, 3.05) is 7.05 Å². The Labute approximate surface area is 117 Å². The van der Waals surface area contributed by atoms with Crippen LogP contribution in [0.15, 0.2) is 6.07 Å². The highest BCUT2D eigenvalue weighted by molar-refractivity contribution is 5.24. The molecule has 3 unspecified atom stereocenters. The number of hydrogen-bond acceptors (Lipinski definition) is 3. The molecule has 0 bridgehead atoms. The van der Waals surface area contributed by atoms with Gasteiger partial charge in [0.05, 0.1) is 11.4 Å². The van der Waals surface area contributed by atoms with Crippen LogP contribution < -0.4 is 5.32 Å². The average molecular weight is 261 g/mol. The zero-order valence-corrected chi connectivity index (χ0v) is 12.7. The summed E-state index contributed by atoms with van der Waals surface area (Å²) < 4.78 is 0. The van der Waals surface area contributed by atoms with Gasteiger partial charge < -0.3 is 5.32 Å². The summed E-state index contributed by atoms with van der Waals surface area (Å²) in [6.45, 7) is 6.43. The molecule has 1 N–H and O–H groups in total. The Bertz CT molecular complexity index is 416. The third-order valence-electron chi connectivity index (χ3n) is 4.66. The largest absolute Gasteiger partial charge is 0.313 e. The Balaban J connectivity index is 2.21. The van der Waals surface area contributed by atoms with Crippen LogP contribution in [0.5, 0.6) is 0 Å². The molecule has 1 fully saturated rings. The summed E-state index contributed by atoms with van der Waals surface area (Å²) in [5.41, 5.74) is 3.43. The van der Waals surface area contributed by atoms with E-state index >= 15 is 0 Å². The second kappa shape index (κ2) is 6.47. The monoisotopic (exact) mass is 261 g/mol. The van der Waals surface area contributed by atoms with Crippen molar-refractivity contribution in [3.8, 4) is 0 Å². The minimum Gasteiger partial charge on any atom is -0.313 e. The average Bonchev–Trinajstić information content (AvgIpc) is 2.44. The minimum absolute atomic E-state index is 0.434. The molecule has 3 nitrogen and oxygen atoms in total. The Morgan fingerprint density at radius 1 is 1.32 bits per heavy atom. The molecule has 19 heavy (non-hydrogen) atoms. The number of nitrogens with zero attached hydrogens (tertiary/aromatic N) is 2. The number of nitrogens with one attached hydrogen (secondary N) is 1. The summed E-state index contributed by atoms with van der Waals surface area (Å²) in [5.74, 6) is 1.65. The van der Waals surface area contributed by atoms with E-state index < -0.39 is 0 Å². The topological polar surface area (TPSA) is 37.8 Å². The van der Waals surface area contributed by atoms with Crippen molar-refractivity contribution in [1.29, 1.82) is 0 Å². The molecule has 1 heterocycles. The van der Waals surface area contributed by atoms with Gasteiger partial charge in [-0.1, -0.05) is 26.2 Å². The molecule has 1 aromatic rings. The quantitative estimate of drug-likeness (QED) is 0.900. The fourth-order valence-electron chi connectivity index (χ4n) is 3.54. The van der Waals surface area contributed by atoms with Crippen LogP contribution in [0, 0.1) is 25.7 Å². The molecule has 1 aromatic heterocycles. The highest BCUT2D eigenvalue weighted by Gasteiger charge is 2.29. The SMILES string of the molecule is CCC1CCCC(C(NC)c2cc(C)nnc2C)C1. The molecule has 0 aliphatic heterocycles. The Morgan fingerprint density at radius 3 is 2.79 bits per heavy atom. The van der Waals surface area contributed by atoms with E-state index in [1.807, 2.05) is 6.92 Å². The van der Waals surface area contributed by atoms with Crippen molar-refractivity contribution >= 4 is 0 Å². The van der Waals surface area contributed by atoms with Crippen molar-refractivity contribution in [1.82, 2.24) is 15.5 Å². The molecule has 1 aliphatic rings. The molecular formula is C16H27N3. The summed E-state index contributed by atoms with van der Waals surface area (Å²) in [6.07, 6.45) is 6.79. The second-order valence-electron chi connectivity index (χ2n) is 5.99. The lowest BCUT2D eigenvalue weighted by Gasteiger charge is -2.34. The fraction of sp³-hybridized carbons (Fsp3) is 0.750. The molecular weight excluding hydrogens is 234 g/mol. The first kappa shape index (κ1) is 14.4. The second-order valence-corrected chi connectivity index (χ2v) is 5.99. The molecule has 2 rings (SSSR count). The van der Waals surface area contributed by atoms with Gasteiger partial charge in [-0.05, 0) is 57.2 Å². The maximum atomic E-state index is 4.29. The zero-order valence-electron chi connectivity index (χ0n) is 12.7. The standard InChI is InChI=1S/C16H27N3/c1-5-13-7-6-8-14(10-13)16(17-4)15-9-11(2)18-19-12(15)3/h9,13-14,16-17H,5-8,10H2,1-4H3. The molecule has 1 aliphatic carbocycles. The van der Waals surface area contributed by atoms with E-state index in [0.29, 0.717) is 6.04 Å². The number of aryl methyl sites for hydroxylation is 2. The highest BCUT2D eigenvalue weighted by Crippen LogP contribution is 2.38. The van der Waals surface area contributed by atoms with Crippen LogP contribution in [0.3, 0.4) is 0 Å². The van der Waals surface area contributed by atoms with Crippen LogP contribution in [0.2, 0.25) is 0 Å². The summed E-state index contributed by atoms with van der Waals surface area (Å²) in [5, 5.41) is 12.0. The summed E-state index contributed by atoms with van der Waals surface area (Å²) in [7, 11) is 2.08. The van der Waals surface area contributed by atoms with Crippen molar-refractivity contribution in [2.45, 2.75) is 58.9 Å². The molecule has 1 saturated carbocycles. The highest BCUT2D eigenvalue weighted by atomic mass is 15.1. The van der Waals surface area contributed by atoms with Crippen LogP contribution in [-0.4, -0.2) is 17.2 Å². The Morgan fingerprint density at radius 2 is 2.11 bits per heavy atom. The first-order valence-electron chi connectivity index (χ1n) is 7.63. The van der Waals surface area contributed by atoms with Crippen LogP contribution in [-0.2, 0) is 0 Å². The van der Waals surface area contributed by atoms with Gasteiger partial charge in [-0.25, -0.2) is 0 Å². The third kappa shape index (κ3) is 3.33. The Kier molecular flexibility index (Phi) is 4.92.